The van der Waals surface area contributed by atoms with Crippen LogP contribution in [0, 0.1) is 11.8 Å². The smallest absolute Gasteiger partial charge is 0.752 e. The summed E-state index contributed by atoms with van der Waals surface area (Å²) in [6, 6.07) is 0. The average molecular weight is 451 g/mol. The van der Waals surface area contributed by atoms with Crippen LogP contribution in [-0.4, -0.2) is 97.6 Å². The van der Waals surface area contributed by atoms with Crippen LogP contribution in [0.15, 0.2) is 0 Å². The van der Waals surface area contributed by atoms with E-state index >= 15 is 0 Å². The van der Waals surface area contributed by atoms with E-state index in [4.69, 9.17) is 9.79 Å². The van der Waals surface area contributed by atoms with Crippen LogP contribution >= 0.6 is 15.6 Å². The molecule has 128 valence electrons. The summed E-state index contributed by atoms with van der Waals surface area (Å²) in [7, 11) is -11.2. The van der Waals surface area contributed by atoms with Gasteiger partial charge in [0.25, 0.3) is 0 Å². The third-order valence-electron chi connectivity index (χ3n) is 3.68. The summed E-state index contributed by atoms with van der Waals surface area (Å²) in [6.07, 6.45) is 0. The zero-order valence-corrected chi connectivity index (χ0v) is 25.2. The van der Waals surface area contributed by atoms with Gasteiger partial charge in [-0.05, 0) is 13.8 Å². The van der Waals surface area contributed by atoms with Crippen molar-refractivity contribution in [2.75, 3.05) is 6.54 Å². The molecule has 0 aromatic carbocycles. The van der Waals surface area contributed by atoms with Crippen molar-refractivity contribution in [1.29, 1.82) is 0 Å². The summed E-state index contributed by atoms with van der Waals surface area (Å²) in [5.41, 5.74) is -0.968. The van der Waals surface area contributed by atoms with Crippen molar-refractivity contribution in [3.8, 4) is 0 Å². The summed E-state index contributed by atoms with van der Waals surface area (Å²) >= 11 is 0. The van der Waals surface area contributed by atoms with Crippen molar-refractivity contribution in [2.24, 2.45) is 11.8 Å². The average Bonchev–Trinajstić information content (AvgIpc) is 2.80. The molecule has 1 saturated heterocycles. The van der Waals surface area contributed by atoms with Gasteiger partial charge in [-0.2, -0.15) is 0 Å². The van der Waals surface area contributed by atoms with Gasteiger partial charge in [-0.1, -0.05) is 9.25 Å². The number of fused-ring (bicyclic) bond motifs is 1. The molecule has 12 nitrogen and oxygen atoms in total. The molecule has 18 heteroatoms. The minimum Gasteiger partial charge on any atom is -0.752 e. The maximum absolute atomic E-state index is 12.4. The molecule has 2 aliphatic rings. The first-order valence-electron chi connectivity index (χ1n) is 6.00. The molecule has 0 bridgehead atoms. The third kappa shape index (κ3) is 7.19. The van der Waals surface area contributed by atoms with Crippen molar-refractivity contribution in [2.45, 2.75) is 19.4 Å². The van der Waals surface area contributed by atoms with Crippen molar-refractivity contribution in [3.63, 3.8) is 0 Å². The van der Waals surface area contributed by atoms with Gasteiger partial charge in [0, 0.05) is 63.9 Å². The van der Waals surface area contributed by atoms with Crippen molar-refractivity contribution < 1.29 is 111 Å². The Morgan fingerprint density at radius 3 is 1.81 bits per heavy atom. The van der Waals surface area contributed by atoms with Crippen molar-refractivity contribution >= 4 is 86.6 Å². The molecule has 0 spiro atoms. The molecular formula is C8H13N2Na4O10P2+. The molecule has 1 heterocycles. The quantitative estimate of drug-likeness (QED) is 0.115. The normalized spacial score (nSPS) is 31.8. The first-order valence-corrected chi connectivity index (χ1v) is 8.99. The van der Waals surface area contributed by atoms with Crippen LogP contribution in [0.2, 0.25) is 0 Å². The number of β-lactam (4-membered cyclic amide) rings is 1. The Morgan fingerprint density at radius 2 is 1.62 bits per heavy atom. The van der Waals surface area contributed by atoms with Crippen molar-refractivity contribution in [3.05, 3.63) is 0 Å². The summed E-state index contributed by atoms with van der Waals surface area (Å²) in [5, 5.41) is 2.41. The molecule has 5 unspecified atom stereocenters. The second kappa shape index (κ2) is 11.3. The van der Waals surface area contributed by atoms with Crippen LogP contribution in [0.4, 0.5) is 0 Å². The Hall–Kier alpha value is 3.32. The van der Waals surface area contributed by atoms with Crippen molar-refractivity contribution in [1.82, 2.24) is 5.32 Å². The predicted molar refractivity (Wildman–Crippen MR) is 72.7 cm³/mol. The fraction of sp³-hybridized carbons (Fsp3) is 0.750. The Labute approximate surface area is 237 Å². The van der Waals surface area contributed by atoms with E-state index in [-0.39, 0.29) is 118 Å². The van der Waals surface area contributed by atoms with Crippen LogP contribution in [0.3, 0.4) is 0 Å². The molecule has 0 aromatic rings. The van der Waals surface area contributed by atoms with Crippen LogP contribution < -0.4 is 74.2 Å². The zero-order chi connectivity index (χ0) is 17.1. The Kier molecular flexibility index (Phi) is 14.7. The number of carbonyl (C=O) groups excluding carboxylic acids is 2. The molecule has 5 atom stereocenters. The second-order valence-corrected chi connectivity index (χ2v) is 7.36. The minimum absolute atomic E-state index is 0. The monoisotopic (exact) mass is 451 g/mol. The number of nitrogens with zero attached hydrogens (tertiary/aromatic N) is 1. The number of rotatable bonds is 6. The molecule has 2 rings (SSSR count). The summed E-state index contributed by atoms with van der Waals surface area (Å²) in [4.78, 5) is 60.9. The predicted octanol–water partition coefficient (Wildman–Crippen LogP) is -9.48. The maximum atomic E-state index is 12.4. The van der Waals surface area contributed by atoms with E-state index in [0.29, 0.717) is 0 Å². The summed E-state index contributed by atoms with van der Waals surface area (Å²) < 4.78 is 30.0. The number of nitrogens with one attached hydrogen (secondary N) is 1. The molecule has 2 amide bonds. The summed E-state index contributed by atoms with van der Waals surface area (Å²) in [5.74, 6) is -3.63. The van der Waals surface area contributed by atoms with Crippen LogP contribution in [-0.2, 0) is 28.0 Å². The fourth-order valence-electron chi connectivity index (χ4n) is 2.67. The molecule has 1 aliphatic heterocycles. The van der Waals surface area contributed by atoms with Gasteiger partial charge in [-0.3, -0.25) is 13.9 Å². The van der Waals surface area contributed by atoms with E-state index in [1.807, 2.05) is 0 Å². The Morgan fingerprint density at radius 1 is 1.23 bits per heavy atom. The molecule has 2 fully saturated rings. The third-order valence-corrected chi connectivity index (χ3v) is 4.62. The molecule has 0 aromatic heterocycles. The van der Waals surface area contributed by atoms with Gasteiger partial charge in [-0.25, -0.2) is 4.79 Å². The maximum Gasteiger partial charge on any atom is 1.00 e. The molecule has 3 N–H and O–H groups in total. The molecule has 1 saturated carbocycles. The van der Waals surface area contributed by atoms with Crippen LogP contribution in [0.5, 0.6) is 0 Å². The topological polar surface area (TPSA) is 185 Å². The number of phosphoric acid groups is 2. The first-order chi connectivity index (χ1) is 9.76. The SMILES string of the molecule is CC[N+](OP(=O)([O-])O)(OP(=O)([O-])O)C(=O)C1C2C(=O)NC21C.[Na+].[Na+].[Na].[Na]. The number of carbonyl (C=O) groups is 2. The fourth-order valence-corrected chi connectivity index (χ4v) is 3.85. The molecule has 26 heavy (non-hydrogen) atoms. The molecular weight excluding hydrogens is 438 g/mol. The van der Waals surface area contributed by atoms with E-state index in [1.54, 1.807) is 0 Å². The second-order valence-electron chi connectivity index (χ2n) is 5.16. The van der Waals surface area contributed by atoms with Gasteiger partial charge in [0.15, 0.2) is 0 Å². The van der Waals surface area contributed by atoms with Gasteiger partial charge >= 0.3 is 80.7 Å². The Bertz CT molecular complexity index is 617. The van der Waals surface area contributed by atoms with E-state index in [2.05, 4.69) is 14.6 Å². The van der Waals surface area contributed by atoms with Gasteiger partial charge in [0.2, 0.25) is 5.91 Å². The largest absolute Gasteiger partial charge is 1.00 e. The number of hydroxylamine groups is 4. The van der Waals surface area contributed by atoms with Gasteiger partial charge in [0.05, 0.1) is 11.5 Å². The molecule has 2 radical (unpaired) electrons. The first kappa shape index (κ1) is 33.9. The van der Waals surface area contributed by atoms with Crippen LogP contribution in [0.25, 0.3) is 0 Å². The number of hydrogen-bond acceptors (Lipinski definition) is 8. The van der Waals surface area contributed by atoms with Gasteiger partial charge in [0.1, 0.15) is 12.5 Å². The van der Waals surface area contributed by atoms with Crippen LogP contribution in [0.1, 0.15) is 13.8 Å². The number of hydrogen-bond donors (Lipinski definition) is 3. The zero-order valence-electron chi connectivity index (χ0n) is 15.4. The number of quaternary nitrogens is 1. The Balaban J connectivity index is -0.00000132. The van der Waals surface area contributed by atoms with Gasteiger partial charge < -0.3 is 24.9 Å². The standard InChI is InChI=1S/C8H14N2O10P2.4Na/c1-3-10(19-21(13,14)15,20-22(16,17)18)7(12)5-4-6(11)9-8(4,5)2;;;;/h4-5H,3H2,1-2H3,(H4-,9,11,13,14,15,16,17,18);;;;/q;;;2*+1/p-1. The van der Waals surface area contributed by atoms with E-state index in [0.717, 1.165) is 6.92 Å². The minimum atomic E-state index is -5.61. The molecule has 1 aliphatic carbocycles. The van der Waals surface area contributed by atoms with Gasteiger partial charge in [-0.15, -0.1) is 0 Å². The van der Waals surface area contributed by atoms with E-state index in [1.165, 1.54) is 6.92 Å². The number of amides is 2. The van der Waals surface area contributed by atoms with E-state index in [9.17, 15) is 28.5 Å². The van der Waals surface area contributed by atoms with E-state index < -0.39 is 56.2 Å². The summed E-state index contributed by atoms with van der Waals surface area (Å²) in [6.45, 7) is 1.88.